The van der Waals surface area contributed by atoms with E-state index in [1.54, 1.807) is 0 Å². The molecule has 0 spiro atoms. The quantitative estimate of drug-likeness (QED) is 0.391. The van der Waals surface area contributed by atoms with Crippen LogP contribution in [0.15, 0.2) is 71.2 Å². The van der Waals surface area contributed by atoms with E-state index < -0.39 is 0 Å². The fourth-order valence-corrected chi connectivity index (χ4v) is 5.13. The van der Waals surface area contributed by atoms with Crippen molar-refractivity contribution in [1.82, 2.24) is 10.2 Å². The van der Waals surface area contributed by atoms with Crippen LogP contribution in [0.3, 0.4) is 0 Å². The molecule has 5 heteroatoms. The molecular formula is C27H29BrN2OS. The second-order valence-corrected chi connectivity index (χ2v) is 10.2. The summed E-state index contributed by atoms with van der Waals surface area (Å²) in [4.78, 5) is 16.2. The van der Waals surface area contributed by atoms with E-state index in [9.17, 15) is 4.79 Å². The SMILES string of the molecule is C[C@@](CNC(=O)c1ccc(Br)cc1)(Cc1cccc2ccccc12)C(=S)N1CCCCC1. The van der Waals surface area contributed by atoms with Crippen LogP contribution in [-0.2, 0) is 6.42 Å². The van der Waals surface area contributed by atoms with Crippen molar-refractivity contribution in [2.45, 2.75) is 32.6 Å². The number of fused-ring (bicyclic) bond motifs is 1. The van der Waals surface area contributed by atoms with Gasteiger partial charge >= 0.3 is 0 Å². The molecular weight excluding hydrogens is 480 g/mol. The lowest BCUT2D eigenvalue weighted by molar-refractivity contribution is 0.0942. The molecule has 32 heavy (non-hydrogen) atoms. The molecule has 166 valence electrons. The van der Waals surface area contributed by atoms with Gasteiger partial charge in [-0.2, -0.15) is 0 Å². The minimum Gasteiger partial charge on any atom is -0.366 e. The lowest BCUT2D eigenvalue weighted by Gasteiger charge is -2.40. The van der Waals surface area contributed by atoms with Gasteiger partial charge in [0.25, 0.3) is 5.91 Å². The third-order valence-electron chi connectivity index (χ3n) is 6.37. The number of carbonyl (C=O) groups excluding carboxylic acids is 1. The van der Waals surface area contributed by atoms with Gasteiger partial charge in [0, 0.05) is 35.1 Å². The molecule has 0 saturated carbocycles. The third-order valence-corrected chi connectivity index (χ3v) is 7.65. The van der Waals surface area contributed by atoms with Crippen LogP contribution in [0.1, 0.15) is 42.1 Å². The van der Waals surface area contributed by atoms with E-state index >= 15 is 0 Å². The van der Waals surface area contributed by atoms with E-state index in [2.05, 4.69) is 75.5 Å². The summed E-state index contributed by atoms with van der Waals surface area (Å²) in [5, 5.41) is 5.66. The first-order chi connectivity index (χ1) is 15.5. The molecule has 1 amide bonds. The van der Waals surface area contributed by atoms with Gasteiger partial charge in [0.1, 0.15) is 0 Å². The average molecular weight is 510 g/mol. The second-order valence-electron chi connectivity index (χ2n) is 8.92. The number of carbonyl (C=O) groups is 1. The van der Waals surface area contributed by atoms with Gasteiger partial charge < -0.3 is 10.2 Å². The molecule has 1 aliphatic rings. The number of piperidine rings is 1. The number of thiocarbonyl (C=S) groups is 1. The highest BCUT2D eigenvalue weighted by atomic mass is 79.9. The van der Waals surface area contributed by atoms with E-state index in [1.165, 1.54) is 35.6 Å². The van der Waals surface area contributed by atoms with Crippen LogP contribution in [0.25, 0.3) is 10.8 Å². The number of hydrogen-bond donors (Lipinski definition) is 1. The molecule has 3 aromatic rings. The molecule has 3 aromatic carbocycles. The van der Waals surface area contributed by atoms with Gasteiger partial charge in [-0.1, -0.05) is 77.5 Å². The fraction of sp³-hybridized carbons (Fsp3) is 0.333. The van der Waals surface area contributed by atoms with Gasteiger partial charge in [0.05, 0.1) is 4.99 Å². The Hall–Kier alpha value is -2.24. The zero-order chi connectivity index (χ0) is 22.6. The van der Waals surface area contributed by atoms with E-state index in [1.807, 2.05) is 24.3 Å². The zero-order valence-electron chi connectivity index (χ0n) is 18.4. The number of likely N-dealkylation sites (tertiary alicyclic amines) is 1. The summed E-state index contributed by atoms with van der Waals surface area (Å²) < 4.78 is 0.959. The Morgan fingerprint density at radius 2 is 1.69 bits per heavy atom. The Morgan fingerprint density at radius 3 is 2.44 bits per heavy atom. The maximum Gasteiger partial charge on any atom is 0.251 e. The molecule has 3 nitrogen and oxygen atoms in total. The first kappa shape index (κ1) is 22.9. The van der Waals surface area contributed by atoms with Crippen LogP contribution >= 0.6 is 28.1 Å². The van der Waals surface area contributed by atoms with Crippen molar-refractivity contribution in [3.8, 4) is 0 Å². The molecule has 1 aliphatic heterocycles. The summed E-state index contributed by atoms with van der Waals surface area (Å²) in [5.74, 6) is -0.0666. The maximum atomic E-state index is 12.9. The van der Waals surface area contributed by atoms with Crippen LogP contribution in [0.2, 0.25) is 0 Å². The average Bonchev–Trinajstić information content (AvgIpc) is 2.83. The molecule has 0 radical (unpaired) electrons. The Balaban J connectivity index is 1.60. The number of halogens is 1. The van der Waals surface area contributed by atoms with Gasteiger partial charge in [-0.25, -0.2) is 0 Å². The summed E-state index contributed by atoms with van der Waals surface area (Å²) >= 11 is 9.52. The predicted octanol–water partition coefficient (Wildman–Crippen LogP) is 6.39. The number of benzene rings is 3. The van der Waals surface area contributed by atoms with Crippen molar-refractivity contribution in [2.24, 2.45) is 5.41 Å². The second kappa shape index (κ2) is 10.1. The number of rotatable bonds is 6. The Kier molecular flexibility index (Phi) is 7.27. The Morgan fingerprint density at radius 1 is 1.00 bits per heavy atom. The summed E-state index contributed by atoms with van der Waals surface area (Å²) in [7, 11) is 0. The molecule has 0 aliphatic carbocycles. The smallest absolute Gasteiger partial charge is 0.251 e. The fourth-order valence-electron chi connectivity index (χ4n) is 4.54. The van der Waals surface area contributed by atoms with Gasteiger partial charge in [-0.05, 0) is 66.3 Å². The highest BCUT2D eigenvalue weighted by molar-refractivity contribution is 9.10. The topological polar surface area (TPSA) is 32.3 Å². The Labute approximate surface area is 204 Å². The van der Waals surface area contributed by atoms with Crippen molar-refractivity contribution in [2.75, 3.05) is 19.6 Å². The predicted molar refractivity (Wildman–Crippen MR) is 140 cm³/mol. The van der Waals surface area contributed by atoms with Crippen LogP contribution in [-0.4, -0.2) is 35.4 Å². The lowest BCUT2D eigenvalue weighted by Crippen LogP contribution is -2.50. The Bertz CT molecular complexity index is 1100. The summed E-state index contributed by atoms with van der Waals surface area (Å²) in [6.07, 6.45) is 4.40. The number of nitrogens with zero attached hydrogens (tertiary/aromatic N) is 1. The number of hydrogen-bond acceptors (Lipinski definition) is 2. The highest BCUT2D eigenvalue weighted by Gasteiger charge is 2.34. The largest absolute Gasteiger partial charge is 0.366 e. The van der Waals surface area contributed by atoms with Crippen LogP contribution in [0.5, 0.6) is 0 Å². The number of amides is 1. The zero-order valence-corrected chi connectivity index (χ0v) is 20.8. The molecule has 4 rings (SSSR count). The van der Waals surface area contributed by atoms with Crippen molar-refractivity contribution in [1.29, 1.82) is 0 Å². The van der Waals surface area contributed by atoms with Crippen molar-refractivity contribution < 1.29 is 4.79 Å². The highest BCUT2D eigenvalue weighted by Crippen LogP contribution is 2.31. The van der Waals surface area contributed by atoms with Crippen LogP contribution in [0.4, 0.5) is 0 Å². The van der Waals surface area contributed by atoms with E-state index in [0.29, 0.717) is 12.1 Å². The van der Waals surface area contributed by atoms with Crippen molar-refractivity contribution in [3.63, 3.8) is 0 Å². The molecule has 0 unspecified atom stereocenters. The first-order valence-electron chi connectivity index (χ1n) is 11.3. The molecule has 0 bridgehead atoms. The molecule has 1 atom stereocenters. The molecule has 0 aromatic heterocycles. The molecule has 1 heterocycles. The number of nitrogens with one attached hydrogen (secondary N) is 1. The summed E-state index contributed by atoms with van der Waals surface area (Å²) in [6, 6.07) is 22.4. The van der Waals surface area contributed by atoms with E-state index in [-0.39, 0.29) is 11.3 Å². The first-order valence-corrected chi connectivity index (χ1v) is 12.5. The maximum absolute atomic E-state index is 12.9. The van der Waals surface area contributed by atoms with Gasteiger partial charge in [-0.15, -0.1) is 0 Å². The monoisotopic (exact) mass is 508 g/mol. The lowest BCUT2D eigenvalue weighted by atomic mass is 9.80. The van der Waals surface area contributed by atoms with Crippen molar-refractivity contribution >= 4 is 49.8 Å². The summed E-state index contributed by atoms with van der Waals surface area (Å²) in [6.45, 7) is 4.71. The molecule has 1 N–H and O–H groups in total. The molecule has 1 saturated heterocycles. The third kappa shape index (κ3) is 5.21. The van der Waals surface area contributed by atoms with Crippen LogP contribution in [0, 0.1) is 5.41 Å². The van der Waals surface area contributed by atoms with E-state index in [4.69, 9.17) is 12.2 Å². The van der Waals surface area contributed by atoms with Gasteiger partial charge in [0.15, 0.2) is 0 Å². The summed E-state index contributed by atoms with van der Waals surface area (Å²) in [5.41, 5.74) is 1.56. The van der Waals surface area contributed by atoms with Gasteiger partial charge in [-0.3, -0.25) is 4.79 Å². The minimum atomic E-state index is -0.359. The van der Waals surface area contributed by atoms with Gasteiger partial charge in [0.2, 0.25) is 0 Å². The normalized spacial score (nSPS) is 15.9. The standard InChI is InChI=1S/C27H29BrN2OS/c1-27(26(32)30-16-5-2-6-17-30,19-29-25(31)21-12-14-23(28)15-13-21)18-22-10-7-9-20-8-3-4-11-24(20)22/h3-4,7-15H,2,5-6,16-19H2,1H3,(H,29,31)/t27-/m0/s1. The minimum absolute atomic E-state index is 0.0666. The van der Waals surface area contributed by atoms with Crippen molar-refractivity contribution in [3.05, 3.63) is 82.3 Å². The van der Waals surface area contributed by atoms with Crippen LogP contribution < -0.4 is 5.32 Å². The molecule has 1 fully saturated rings. The van der Waals surface area contributed by atoms with E-state index in [0.717, 1.165) is 29.0 Å².